The van der Waals surface area contributed by atoms with Gasteiger partial charge in [-0.2, -0.15) is 0 Å². The van der Waals surface area contributed by atoms with Gasteiger partial charge in [0.15, 0.2) is 26.7 Å². The molecule has 23 heteroatoms. The number of rotatable bonds is 10. The number of nitrogens with zero attached hydrogens (tertiary/aromatic N) is 8. The molecule has 4 N–H and O–H groups in total. The predicted molar refractivity (Wildman–Crippen MR) is 181 cm³/mol. The van der Waals surface area contributed by atoms with Gasteiger partial charge in [0.05, 0.1) is 51.0 Å². The highest BCUT2D eigenvalue weighted by atomic mass is 32.2. The smallest absolute Gasteiger partial charge is 0.328 e. The molecule has 0 radical (unpaired) electrons. The van der Waals surface area contributed by atoms with Gasteiger partial charge >= 0.3 is 5.97 Å². The molecular formula is C29H36N10O10S3. The van der Waals surface area contributed by atoms with Crippen molar-refractivity contribution in [2.45, 2.75) is 60.3 Å². The van der Waals surface area contributed by atoms with Gasteiger partial charge in [-0.15, -0.1) is 28.2 Å². The minimum absolute atomic E-state index is 0.0615. The first-order chi connectivity index (χ1) is 24.5. The van der Waals surface area contributed by atoms with Crippen LogP contribution in [0.15, 0.2) is 34.2 Å². The average Bonchev–Trinajstić information content (AvgIpc) is 3.87. The Morgan fingerprint density at radius 2 is 1.98 bits per heavy atom. The molecule has 52 heavy (non-hydrogen) atoms. The van der Waals surface area contributed by atoms with Crippen LogP contribution in [-0.2, 0) is 45.2 Å². The van der Waals surface area contributed by atoms with Crippen LogP contribution < -0.4 is 16.2 Å². The third kappa shape index (κ3) is 6.27. The zero-order valence-electron chi connectivity index (χ0n) is 28.2. The van der Waals surface area contributed by atoms with Crippen LogP contribution in [-0.4, -0.2) is 150 Å². The second-order valence-electron chi connectivity index (χ2n) is 13.4. The summed E-state index contributed by atoms with van der Waals surface area (Å²) in [6, 6.07) is -2.29. The van der Waals surface area contributed by atoms with Crippen molar-refractivity contribution in [3.8, 4) is 0 Å². The van der Waals surface area contributed by atoms with Gasteiger partial charge in [-0.05, 0) is 6.92 Å². The van der Waals surface area contributed by atoms with Gasteiger partial charge in [-0.3, -0.25) is 24.0 Å². The van der Waals surface area contributed by atoms with Crippen LogP contribution in [0.5, 0.6) is 0 Å². The Balaban J connectivity index is 0.000000198. The van der Waals surface area contributed by atoms with Gasteiger partial charge < -0.3 is 40.3 Å². The number of thiazole rings is 1. The van der Waals surface area contributed by atoms with Crippen LogP contribution in [0.2, 0.25) is 0 Å². The lowest BCUT2D eigenvalue weighted by molar-refractivity contribution is -0.893. The highest BCUT2D eigenvalue weighted by Gasteiger charge is 2.70. The molecule has 0 spiro atoms. The summed E-state index contributed by atoms with van der Waals surface area (Å²) in [6.07, 6.45) is 4.89. The standard InChI is InChI=1S/C19H24N6O5S2.C10H12N4O5S/c1-25(5-3-4-6-25)7-10-8-31-17-13(16(27)24(17)14(10)18(28)29)22-15(26)12(23-30-2)11-9-32-19(20)21-11;1-10(5-13-3-2-11-12-13)8(9(16)17)14-6(15)4-7(14)20(10,18)19/h9,13,17H,3-8H2,1-2H3,(H3-,20,21,22,26,28,29);2-3,7-8H,4-5H2,1H3,(H,16,17)/b23-12-;/t13-,17-;7-,8+,10+/m11/s1. The Morgan fingerprint density at radius 3 is 2.54 bits per heavy atom. The molecule has 2 aromatic rings. The van der Waals surface area contributed by atoms with Crippen molar-refractivity contribution in [1.82, 2.24) is 35.1 Å². The van der Waals surface area contributed by atoms with Gasteiger partial charge in [0.2, 0.25) is 5.91 Å². The zero-order valence-corrected chi connectivity index (χ0v) is 30.6. The topological polar surface area (TPSA) is 272 Å². The molecular weight excluding hydrogens is 745 g/mol. The van der Waals surface area contributed by atoms with E-state index in [0.29, 0.717) is 17.9 Å². The van der Waals surface area contributed by atoms with Crippen molar-refractivity contribution in [3.63, 3.8) is 0 Å². The number of carboxylic acids is 2. The maximum atomic E-state index is 12.9. The number of fused-ring (bicyclic) bond motifs is 2. The number of carbonyl (C=O) groups excluding carboxylic acids is 4. The molecule has 0 saturated carbocycles. The first-order valence-corrected chi connectivity index (χ1v) is 19.5. The third-order valence-corrected chi connectivity index (χ3v) is 14.7. The van der Waals surface area contributed by atoms with Crippen molar-refractivity contribution in [3.05, 3.63) is 34.7 Å². The number of nitrogens with two attached hydrogens (primary N) is 1. The minimum Gasteiger partial charge on any atom is -0.543 e. The molecule has 7 rings (SSSR count). The molecule has 0 aromatic carbocycles. The van der Waals surface area contributed by atoms with Crippen LogP contribution in [0.3, 0.4) is 0 Å². The number of sulfone groups is 1. The Labute approximate surface area is 305 Å². The molecule has 20 nitrogen and oxygen atoms in total. The van der Waals surface area contributed by atoms with E-state index in [9.17, 15) is 42.6 Å². The fraction of sp³-hybridized carbons (Fsp3) is 0.552. The lowest BCUT2D eigenvalue weighted by atomic mass is 9.96. The number of likely N-dealkylation sites (tertiary alicyclic amines) is 1. The molecule has 4 fully saturated rings. The van der Waals surface area contributed by atoms with Gasteiger partial charge in [0, 0.05) is 35.7 Å². The van der Waals surface area contributed by atoms with E-state index >= 15 is 0 Å². The number of aliphatic carboxylic acids is 2. The summed E-state index contributed by atoms with van der Waals surface area (Å²) in [7, 11) is -0.402. The van der Waals surface area contributed by atoms with Crippen LogP contribution in [0.25, 0.3) is 0 Å². The monoisotopic (exact) mass is 780 g/mol. The van der Waals surface area contributed by atoms with Gasteiger partial charge in [0.25, 0.3) is 11.8 Å². The lowest BCUT2D eigenvalue weighted by Crippen LogP contribution is -2.71. The summed E-state index contributed by atoms with van der Waals surface area (Å²) in [4.78, 5) is 71.7. The summed E-state index contributed by atoms with van der Waals surface area (Å²) in [5.41, 5.74) is 6.39. The molecule has 7 heterocycles. The first-order valence-electron chi connectivity index (χ1n) is 16.0. The molecule has 0 unspecified atom stereocenters. The molecule has 5 aliphatic rings. The number of thioether (sulfide) groups is 1. The quantitative estimate of drug-likeness (QED) is 0.0951. The van der Waals surface area contributed by atoms with E-state index in [2.05, 4.69) is 32.8 Å². The Morgan fingerprint density at radius 1 is 1.27 bits per heavy atom. The molecule has 4 saturated heterocycles. The van der Waals surface area contributed by atoms with Crippen molar-refractivity contribution >= 4 is 73.4 Å². The number of carbonyl (C=O) groups is 5. The van der Waals surface area contributed by atoms with E-state index < -0.39 is 67.1 Å². The molecule has 5 aliphatic heterocycles. The molecule has 0 bridgehead atoms. The van der Waals surface area contributed by atoms with Gasteiger partial charge in [-0.25, -0.2) is 18.2 Å². The molecule has 2 aromatic heterocycles. The van der Waals surface area contributed by atoms with E-state index in [1.54, 1.807) is 5.38 Å². The van der Waals surface area contributed by atoms with Crippen LogP contribution in [0.4, 0.5) is 5.13 Å². The number of β-lactam (4-membered cyclic amide) rings is 2. The summed E-state index contributed by atoms with van der Waals surface area (Å²) in [6.45, 7) is 3.71. The summed E-state index contributed by atoms with van der Waals surface area (Å²) in [5, 5.41) is 35.2. The average molecular weight is 781 g/mol. The summed E-state index contributed by atoms with van der Waals surface area (Å²) in [5.74, 6) is -3.84. The number of nitrogen functional groups attached to an aromatic ring is 1. The summed E-state index contributed by atoms with van der Waals surface area (Å²) >= 11 is 2.57. The van der Waals surface area contributed by atoms with Crippen molar-refractivity contribution in [2.24, 2.45) is 5.16 Å². The second kappa shape index (κ2) is 13.7. The summed E-state index contributed by atoms with van der Waals surface area (Å²) < 4.78 is 25.5. The molecule has 3 amide bonds. The largest absolute Gasteiger partial charge is 0.543 e. The van der Waals surface area contributed by atoms with E-state index in [0.717, 1.165) is 46.7 Å². The van der Waals surface area contributed by atoms with E-state index in [1.807, 2.05) is 0 Å². The Bertz CT molecular complexity index is 1980. The molecule has 0 aliphatic carbocycles. The number of likely N-dealkylation sites (N-methyl/N-ethyl adjacent to an activating group) is 1. The van der Waals surface area contributed by atoms with Crippen LogP contribution >= 0.6 is 23.1 Å². The molecule has 5 atom stereocenters. The van der Waals surface area contributed by atoms with E-state index in [1.165, 1.54) is 47.8 Å². The third-order valence-electron chi connectivity index (χ3n) is 9.90. The van der Waals surface area contributed by atoms with Crippen molar-refractivity contribution in [1.29, 1.82) is 0 Å². The highest BCUT2D eigenvalue weighted by Crippen LogP contribution is 2.47. The SMILES string of the molecule is CO/N=C(\C(=O)N[C@@H]1C(=O)N2C(C(=O)[O-])=C(C[N+]3(C)CCCC3)CS[C@H]12)c1csc(N)n1.C[C@]1(Cn2ccnn2)[C@H](C(=O)O)N2C(=O)C[C@H]2S1(=O)=O. The predicted octanol–water partition coefficient (Wildman–Crippen LogP) is -2.80. The number of aromatic nitrogens is 4. The van der Waals surface area contributed by atoms with Crippen molar-refractivity contribution < 1.29 is 51.9 Å². The Hall–Kier alpha value is -4.61. The fourth-order valence-corrected chi connectivity index (χ4v) is 11.6. The maximum Gasteiger partial charge on any atom is 0.328 e. The van der Waals surface area contributed by atoms with Crippen LogP contribution in [0.1, 0.15) is 31.9 Å². The number of hydrogen-bond acceptors (Lipinski definition) is 16. The number of amides is 3. The van der Waals surface area contributed by atoms with Gasteiger partial charge in [0.1, 0.15) is 40.9 Å². The van der Waals surface area contributed by atoms with E-state index in [-0.39, 0.29) is 35.2 Å². The molecule has 280 valence electrons. The second-order valence-corrected chi connectivity index (χ2v) is 17.9. The van der Waals surface area contributed by atoms with E-state index in [4.69, 9.17) is 10.6 Å². The minimum atomic E-state index is -3.80. The number of carboxylic acid groups (broad SMARTS) is 2. The fourth-order valence-electron chi connectivity index (χ4n) is 7.34. The zero-order chi connectivity index (χ0) is 37.7. The van der Waals surface area contributed by atoms with Crippen molar-refractivity contribution in [2.75, 3.05) is 45.3 Å². The maximum absolute atomic E-state index is 12.9. The number of nitrogens with one attached hydrogen (secondary N) is 1. The highest BCUT2D eigenvalue weighted by molar-refractivity contribution is 8.00. The normalized spacial score (nSPS) is 28.6. The number of oxime groups is 1. The lowest BCUT2D eigenvalue weighted by Gasteiger charge is -2.51. The number of quaternary nitrogens is 1. The number of anilines is 1. The van der Waals surface area contributed by atoms with Crippen LogP contribution in [0, 0.1) is 0 Å². The van der Waals surface area contributed by atoms with Gasteiger partial charge in [-0.1, -0.05) is 10.4 Å². The first kappa shape index (κ1) is 37.2. The number of hydrogen-bond donors (Lipinski definition) is 3. The Kier molecular flexibility index (Phi) is 9.82.